The molecule has 1 atom stereocenters. The number of phenols is 1. The number of benzene rings is 2. The Balaban J connectivity index is 1.75. The highest BCUT2D eigenvalue weighted by Crippen LogP contribution is 2.42. The van der Waals surface area contributed by atoms with E-state index < -0.39 is 0 Å². The maximum Gasteiger partial charge on any atom is 0.159 e. The molecule has 0 spiro atoms. The summed E-state index contributed by atoms with van der Waals surface area (Å²) in [7, 11) is 0. The van der Waals surface area contributed by atoms with Crippen molar-refractivity contribution >= 4 is 11.5 Å². The Hall–Kier alpha value is -3.60. The van der Waals surface area contributed by atoms with Crippen molar-refractivity contribution in [2.75, 3.05) is 0 Å². The second-order valence-corrected chi connectivity index (χ2v) is 6.91. The Morgan fingerprint density at radius 3 is 2.54 bits per heavy atom. The van der Waals surface area contributed by atoms with Crippen LogP contribution in [0, 0.1) is 6.92 Å². The van der Waals surface area contributed by atoms with Gasteiger partial charge in [0, 0.05) is 17.5 Å². The molecule has 0 fully saturated rings. The second kappa shape index (κ2) is 6.53. The van der Waals surface area contributed by atoms with Crippen LogP contribution < -0.4 is 0 Å². The van der Waals surface area contributed by atoms with Crippen LogP contribution in [0.4, 0.5) is 5.82 Å². The smallest absolute Gasteiger partial charge is 0.159 e. The normalized spacial score (nSPS) is 15.9. The zero-order valence-electron chi connectivity index (χ0n) is 15.4. The van der Waals surface area contributed by atoms with E-state index in [1.54, 1.807) is 12.3 Å². The van der Waals surface area contributed by atoms with Crippen molar-refractivity contribution in [3.63, 3.8) is 0 Å². The van der Waals surface area contributed by atoms with Crippen molar-refractivity contribution in [3.8, 4) is 16.9 Å². The SMILES string of the molecule is Cc1nn2c(c1-c1ccccc1)N=C(c1ccccc1O)CC2c1ccco1. The van der Waals surface area contributed by atoms with Crippen LogP contribution in [0.15, 0.2) is 82.4 Å². The number of aliphatic imine (C=N–C) groups is 1. The molecule has 0 radical (unpaired) electrons. The zero-order valence-corrected chi connectivity index (χ0v) is 15.4. The number of hydrogen-bond donors (Lipinski definition) is 1. The molecule has 0 aliphatic carbocycles. The van der Waals surface area contributed by atoms with Gasteiger partial charge in [0.25, 0.3) is 0 Å². The van der Waals surface area contributed by atoms with E-state index in [4.69, 9.17) is 14.5 Å². The average molecular weight is 369 g/mol. The van der Waals surface area contributed by atoms with Crippen molar-refractivity contribution in [2.24, 2.45) is 4.99 Å². The van der Waals surface area contributed by atoms with E-state index >= 15 is 0 Å². The van der Waals surface area contributed by atoms with Gasteiger partial charge in [-0.2, -0.15) is 5.10 Å². The Kier molecular flexibility index (Phi) is 3.86. The maximum absolute atomic E-state index is 10.4. The third-order valence-corrected chi connectivity index (χ3v) is 5.13. The molecule has 2 aromatic heterocycles. The number of aromatic hydroxyl groups is 1. The third-order valence-electron chi connectivity index (χ3n) is 5.13. The monoisotopic (exact) mass is 369 g/mol. The van der Waals surface area contributed by atoms with Gasteiger partial charge >= 0.3 is 0 Å². The van der Waals surface area contributed by atoms with Gasteiger partial charge in [-0.3, -0.25) is 0 Å². The number of furan rings is 1. The number of para-hydroxylation sites is 1. The number of phenolic OH excluding ortho intramolecular Hbond substituents is 1. The molecule has 1 aliphatic rings. The lowest BCUT2D eigenvalue weighted by Gasteiger charge is -2.23. The lowest BCUT2D eigenvalue weighted by molar-refractivity contribution is 0.409. The Labute approximate surface area is 162 Å². The fraction of sp³-hybridized carbons (Fsp3) is 0.130. The van der Waals surface area contributed by atoms with Crippen LogP contribution in [0.5, 0.6) is 5.75 Å². The van der Waals surface area contributed by atoms with Crippen LogP contribution >= 0.6 is 0 Å². The molecule has 3 heterocycles. The molecule has 0 saturated heterocycles. The second-order valence-electron chi connectivity index (χ2n) is 6.91. The molecule has 5 heteroatoms. The standard InChI is InChI=1S/C23H19N3O2/c1-15-22(16-8-3-2-4-9-16)23-24-18(17-10-5-6-11-20(17)27)14-19(26(23)25-15)21-12-7-13-28-21/h2-13,19,27H,14H2,1H3. The molecular weight excluding hydrogens is 350 g/mol. The molecule has 5 rings (SSSR count). The van der Waals surface area contributed by atoms with Crippen LogP contribution in [0.1, 0.15) is 29.5 Å². The number of aryl methyl sites for hydroxylation is 1. The van der Waals surface area contributed by atoms with E-state index in [0.717, 1.165) is 39.7 Å². The van der Waals surface area contributed by atoms with Gasteiger partial charge in [0.2, 0.25) is 0 Å². The van der Waals surface area contributed by atoms with E-state index in [1.165, 1.54) is 0 Å². The molecule has 1 aliphatic heterocycles. The van der Waals surface area contributed by atoms with Gasteiger partial charge < -0.3 is 9.52 Å². The molecule has 0 saturated carbocycles. The summed E-state index contributed by atoms with van der Waals surface area (Å²) in [6.45, 7) is 2.00. The number of aromatic nitrogens is 2. The van der Waals surface area contributed by atoms with Gasteiger partial charge in [0.1, 0.15) is 17.6 Å². The molecule has 4 aromatic rings. The highest BCUT2D eigenvalue weighted by molar-refractivity contribution is 6.05. The van der Waals surface area contributed by atoms with Crippen molar-refractivity contribution in [3.05, 3.63) is 90.0 Å². The molecule has 0 bridgehead atoms. The number of hydrogen-bond acceptors (Lipinski definition) is 4. The van der Waals surface area contributed by atoms with Gasteiger partial charge in [-0.25, -0.2) is 9.67 Å². The minimum absolute atomic E-state index is 0.117. The summed E-state index contributed by atoms with van der Waals surface area (Å²) in [4.78, 5) is 4.95. The fourth-order valence-corrected chi connectivity index (χ4v) is 3.84. The van der Waals surface area contributed by atoms with Crippen LogP contribution in [0.3, 0.4) is 0 Å². The Morgan fingerprint density at radius 2 is 1.79 bits per heavy atom. The summed E-state index contributed by atoms with van der Waals surface area (Å²) in [5.41, 5.74) is 4.55. The van der Waals surface area contributed by atoms with Gasteiger partial charge in [-0.1, -0.05) is 42.5 Å². The summed E-state index contributed by atoms with van der Waals surface area (Å²) in [6, 6.07) is 21.2. The van der Waals surface area contributed by atoms with Crippen molar-refractivity contribution in [1.82, 2.24) is 9.78 Å². The van der Waals surface area contributed by atoms with Gasteiger partial charge in [-0.15, -0.1) is 0 Å². The molecule has 1 unspecified atom stereocenters. The van der Waals surface area contributed by atoms with Crippen LogP contribution in [-0.2, 0) is 0 Å². The van der Waals surface area contributed by atoms with Gasteiger partial charge in [0.05, 0.1) is 17.7 Å². The largest absolute Gasteiger partial charge is 0.507 e. The van der Waals surface area contributed by atoms with E-state index in [-0.39, 0.29) is 11.8 Å². The first-order valence-electron chi connectivity index (χ1n) is 9.26. The minimum Gasteiger partial charge on any atom is -0.507 e. The molecule has 2 aromatic carbocycles. The Morgan fingerprint density at radius 1 is 1.00 bits per heavy atom. The topological polar surface area (TPSA) is 63.5 Å². The molecule has 138 valence electrons. The average Bonchev–Trinajstić information content (AvgIpc) is 3.35. The predicted molar refractivity (Wildman–Crippen MR) is 108 cm³/mol. The molecular formula is C23H19N3O2. The number of fused-ring (bicyclic) bond motifs is 1. The first-order valence-corrected chi connectivity index (χ1v) is 9.26. The Bertz CT molecular complexity index is 1160. The summed E-state index contributed by atoms with van der Waals surface area (Å²) < 4.78 is 7.67. The van der Waals surface area contributed by atoms with Crippen LogP contribution in [0.2, 0.25) is 0 Å². The lowest BCUT2D eigenvalue weighted by atomic mass is 9.98. The first-order chi connectivity index (χ1) is 13.7. The number of nitrogens with zero attached hydrogens (tertiary/aromatic N) is 3. The van der Waals surface area contributed by atoms with Crippen LogP contribution in [0.25, 0.3) is 11.1 Å². The first kappa shape index (κ1) is 16.6. The maximum atomic E-state index is 10.4. The van der Waals surface area contributed by atoms with E-state index in [9.17, 15) is 5.11 Å². The quantitative estimate of drug-likeness (QED) is 0.535. The van der Waals surface area contributed by atoms with E-state index in [0.29, 0.717) is 6.42 Å². The molecule has 1 N–H and O–H groups in total. The molecule has 5 nitrogen and oxygen atoms in total. The van der Waals surface area contributed by atoms with Crippen molar-refractivity contribution in [2.45, 2.75) is 19.4 Å². The van der Waals surface area contributed by atoms with Gasteiger partial charge in [0.15, 0.2) is 5.82 Å². The zero-order chi connectivity index (χ0) is 19.1. The summed E-state index contributed by atoms with van der Waals surface area (Å²) in [5.74, 6) is 1.84. The van der Waals surface area contributed by atoms with Gasteiger partial charge in [-0.05, 0) is 36.8 Å². The predicted octanol–water partition coefficient (Wildman–Crippen LogP) is 5.27. The fourth-order valence-electron chi connectivity index (χ4n) is 3.84. The third kappa shape index (κ3) is 2.63. The van der Waals surface area contributed by atoms with E-state index in [1.807, 2.05) is 60.1 Å². The summed E-state index contributed by atoms with van der Waals surface area (Å²) in [6.07, 6.45) is 2.27. The lowest BCUT2D eigenvalue weighted by Crippen LogP contribution is -2.21. The highest BCUT2D eigenvalue weighted by Gasteiger charge is 2.31. The summed E-state index contributed by atoms with van der Waals surface area (Å²) >= 11 is 0. The minimum atomic E-state index is -0.117. The van der Waals surface area contributed by atoms with E-state index in [2.05, 4.69) is 12.1 Å². The van der Waals surface area contributed by atoms with Crippen molar-refractivity contribution in [1.29, 1.82) is 0 Å². The van der Waals surface area contributed by atoms with Crippen molar-refractivity contribution < 1.29 is 9.52 Å². The van der Waals surface area contributed by atoms with Crippen LogP contribution in [-0.4, -0.2) is 20.6 Å². The highest BCUT2D eigenvalue weighted by atomic mass is 16.3. The summed E-state index contributed by atoms with van der Waals surface area (Å²) in [5, 5.41) is 15.2. The number of rotatable bonds is 3. The molecule has 28 heavy (non-hydrogen) atoms. The molecule has 0 amide bonds.